The summed E-state index contributed by atoms with van der Waals surface area (Å²) in [5, 5.41) is 12.1. The minimum absolute atomic E-state index is 0.534. The number of aliphatic hydroxyl groups is 1. The summed E-state index contributed by atoms with van der Waals surface area (Å²) in [5.41, 5.74) is 2.62. The number of nitrogens with zero attached hydrogens (tertiary/aromatic N) is 1. The fourth-order valence-electron chi connectivity index (χ4n) is 2.43. The van der Waals surface area contributed by atoms with E-state index in [-0.39, 0.29) is 0 Å². The lowest BCUT2D eigenvalue weighted by Crippen LogP contribution is -2.03. The molecular formula is C17H13BrClNO. The second-order valence-electron chi connectivity index (χ2n) is 4.89. The van der Waals surface area contributed by atoms with Gasteiger partial charge in [0.25, 0.3) is 0 Å². The molecule has 1 unspecified atom stereocenters. The van der Waals surface area contributed by atoms with Gasteiger partial charge in [0.2, 0.25) is 0 Å². The molecule has 21 heavy (non-hydrogen) atoms. The number of hydrogen-bond acceptors (Lipinski definition) is 2. The van der Waals surface area contributed by atoms with Gasteiger partial charge in [-0.15, -0.1) is 0 Å². The average Bonchev–Trinajstić information content (AvgIpc) is 2.48. The highest BCUT2D eigenvalue weighted by Crippen LogP contribution is 2.30. The smallest absolute Gasteiger partial charge is 0.0851 e. The van der Waals surface area contributed by atoms with Gasteiger partial charge in [0.05, 0.1) is 11.6 Å². The first-order valence-corrected chi connectivity index (χ1v) is 7.78. The zero-order chi connectivity index (χ0) is 14.8. The number of aromatic nitrogens is 1. The number of fused-ring (bicyclic) bond motifs is 1. The Morgan fingerprint density at radius 1 is 1.14 bits per heavy atom. The number of pyridine rings is 1. The van der Waals surface area contributed by atoms with Gasteiger partial charge < -0.3 is 5.11 Å². The van der Waals surface area contributed by atoms with E-state index in [4.69, 9.17) is 11.6 Å². The Hall–Kier alpha value is -1.42. The highest BCUT2D eigenvalue weighted by Gasteiger charge is 2.14. The predicted octanol–water partition coefficient (Wildman–Crippen LogP) is 4.93. The number of halogens is 2. The molecule has 1 heterocycles. The van der Waals surface area contributed by atoms with E-state index < -0.39 is 6.10 Å². The molecule has 0 aliphatic rings. The van der Waals surface area contributed by atoms with Crippen LogP contribution < -0.4 is 0 Å². The van der Waals surface area contributed by atoms with Crippen molar-refractivity contribution in [3.8, 4) is 0 Å². The summed E-state index contributed by atoms with van der Waals surface area (Å²) in [6.07, 6.45) is 1.63. The van der Waals surface area contributed by atoms with Crippen molar-refractivity contribution in [2.45, 2.75) is 12.5 Å². The van der Waals surface area contributed by atoms with E-state index in [1.165, 1.54) is 0 Å². The van der Waals surface area contributed by atoms with E-state index in [1.807, 2.05) is 48.5 Å². The SMILES string of the molecule is OC(Cc1cccc(Br)c1)c1ccc(Cl)c2cccnc12. The Morgan fingerprint density at radius 2 is 2.00 bits per heavy atom. The number of rotatable bonds is 3. The molecule has 106 valence electrons. The first-order chi connectivity index (χ1) is 10.1. The summed E-state index contributed by atoms with van der Waals surface area (Å²) < 4.78 is 1.01. The van der Waals surface area contributed by atoms with Crippen molar-refractivity contribution >= 4 is 38.4 Å². The molecule has 0 bridgehead atoms. The molecule has 0 saturated heterocycles. The first-order valence-electron chi connectivity index (χ1n) is 6.61. The quantitative estimate of drug-likeness (QED) is 0.717. The van der Waals surface area contributed by atoms with Gasteiger partial charge in [-0.05, 0) is 35.9 Å². The minimum atomic E-state index is -0.617. The lowest BCUT2D eigenvalue weighted by Gasteiger charge is -2.14. The lowest BCUT2D eigenvalue weighted by molar-refractivity contribution is 0.180. The van der Waals surface area contributed by atoms with Crippen molar-refractivity contribution in [3.05, 3.63) is 75.4 Å². The van der Waals surface area contributed by atoms with E-state index in [0.717, 1.165) is 26.5 Å². The average molecular weight is 363 g/mol. The van der Waals surface area contributed by atoms with Crippen molar-refractivity contribution in [1.82, 2.24) is 4.98 Å². The summed E-state index contributed by atoms with van der Waals surface area (Å²) in [7, 11) is 0. The van der Waals surface area contributed by atoms with Crippen LogP contribution in [0.3, 0.4) is 0 Å². The van der Waals surface area contributed by atoms with Gasteiger partial charge in [0, 0.05) is 33.1 Å². The molecule has 0 amide bonds. The Morgan fingerprint density at radius 3 is 2.81 bits per heavy atom. The summed E-state index contributed by atoms with van der Waals surface area (Å²) >= 11 is 9.63. The summed E-state index contributed by atoms with van der Waals surface area (Å²) in [6.45, 7) is 0. The fraction of sp³-hybridized carbons (Fsp3) is 0.118. The Bertz CT molecular complexity index is 791. The highest BCUT2D eigenvalue weighted by atomic mass is 79.9. The van der Waals surface area contributed by atoms with Crippen LogP contribution in [0.1, 0.15) is 17.2 Å². The molecule has 1 aromatic heterocycles. The molecule has 0 spiro atoms. The lowest BCUT2D eigenvalue weighted by atomic mass is 9.99. The molecule has 0 aliphatic heterocycles. The molecule has 2 aromatic carbocycles. The van der Waals surface area contributed by atoms with E-state index in [9.17, 15) is 5.11 Å². The summed E-state index contributed by atoms with van der Waals surface area (Å²) in [4.78, 5) is 4.37. The van der Waals surface area contributed by atoms with Gasteiger partial charge in [-0.25, -0.2) is 0 Å². The third-order valence-corrected chi connectivity index (χ3v) is 4.25. The fourth-order valence-corrected chi connectivity index (χ4v) is 3.09. The van der Waals surface area contributed by atoms with Crippen molar-refractivity contribution in [2.75, 3.05) is 0 Å². The topological polar surface area (TPSA) is 33.1 Å². The van der Waals surface area contributed by atoms with Crippen molar-refractivity contribution in [1.29, 1.82) is 0 Å². The van der Waals surface area contributed by atoms with E-state index >= 15 is 0 Å². The highest BCUT2D eigenvalue weighted by molar-refractivity contribution is 9.10. The minimum Gasteiger partial charge on any atom is -0.388 e. The molecule has 3 rings (SSSR count). The molecule has 4 heteroatoms. The van der Waals surface area contributed by atoms with E-state index in [1.54, 1.807) is 6.20 Å². The van der Waals surface area contributed by atoms with Crippen LogP contribution >= 0.6 is 27.5 Å². The van der Waals surface area contributed by atoms with Gasteiger partial charge >= 0.3 is 0 Å². The normalized spacial score (nSPS) is 12.5. The molecule has 1 atom stereocenters. The zero-order valence-corrected chi connectivity index (χ0v) is 13.5. The Kier molecular flexibility index (Phi) is 4.24. The first kappa shape index (κ1) is 14.5. The molecule has 0 saturated carbocycles. The molecule has 0 aliphatic carbocycles. The van der Waals surface area contributed by atoms with Gasteiger partial charge in [-0.2, -0.15) is 0 Å². The molecule has 0 radical (unpaired) electrons. The third-order valence-electron chi connectivity index (χ3n) is 3.42. The molecule has 3 aromatic rings. The molecule has 1 N–H and O–H groups in total. The van der Waals surface area contributed by atoms with Crippen molar-refractivity contribution in [2.24, 2.45) is 0 Å². The summed E-state index contributed by atoms with van der Waals surface area (Å²) in [6, 6.07) is 15.4. The molecular weight excluding hydrogens is 350 g/mol. The second kappa shape index (κ2) is 6.14. The molecule has 2 nitrogen and oxygen atoms in total. The monoisotopic (exact) mass is 361 g/mol. The van der Waals surface area contributed by atoms with Crippen LogP contribution in [0.25, 0.3) is 10.9 Å². The Balaban J connectivity index is 1.98. The maximum Gasteiger partial charge on any atom is 0.0851 e. The maximum absolute atomic E-state index is 10.6. The third kappa shape index (κ3) is 3.10. The van der Waals surface area contributed by atoms with Crippen LogP contribution in [-0.2, 0) is 6.42 Å². The second-order valence-corrected chi connectivity index (χ2v) is 6.21. The largest absolute Gasteiger partial charge is 0.388 e. The van der Waals surface area contributed by atoms with Crippen LogP contribution in [0.2, 0.25) is 5.02 Å². The van der Waals surface area contributed by atoms with Gasteiger partial charge in [-0.3, -0.25) is 4.98 Å². The van der Waals surface area contributed by atoms with E-state index in [2.05, 4.69) is 20.9 Å². The zero-order valence-electron chi connectivity index (χ0n) is 11.1. The van der Waals surface area contributed by atoms with Crippen LogP contribution in [0, 0.1) is 0 Å². The van der Waals surface area contributed by atoms with E-state index in [0.29, 0.717) is 11.4 Å². The van der Waals surface area contributed by atoms with Gasteiger partial charge in [0.1, 0.15) is 0 Å². The van der Waals surface area contributed by atoms with Crippen molar-refractivity contribution in [3.63, 3.8) is 0 Å². The number of hydrogen-bond donors (Lipinski definition) is 1. The van der Waals surface area contributed by atoms with Crippen LogP contribution in [-0.4, -0.2) is 10.1 Å². The van der Waals surface area contributed by atoms with Crippen LogP contribution in [0.15, 0.2) is 59.2 Å². The van der Waals surface area contributed by atoms with Crippen LogP contribution in [0.4, 0.5) is 0 Å². The standard InChI is InChI=1S/C17H13BrClNO/c18-12-4-1-3-11(9-12)10-16(21)14-6-7-15(19)13-5-2-8-20-17(13)14/h1-9,16,21H,10H2. The van der Waals surface area contributed by atoms with Gasteiger partial charge in [0.15, 0.2) is 0 Å². The number of benzene rings is 2. The predicted molar refractivity (Wildman–Crippen MR) is 89.6 cm³/mol. The summed E-state index contributed by atoms with van der Waals surface area (Å²) in [5.74, 6) is 0. The Labute approximate surface area is 136 Å². The van der Waals surface area contributed by atoms with Crippen LogP contribution in [0.5, 0.6) is 0 Å². The van der Waals surface area contributed by atoms with Gasteiger partial charge in [-0.1, -0.05) is 45.7 Å². The number of aliphatic hydroxyl groups excluding tert-OH is 1. The van der Waals surface area contributed by atoms with Crippen molar-refractivity contribution < 1.29 is 5.11 Å². The maximum atomic E-state index is 10.6. The molecule has 0 fully saturated rings.